The van der Waals surface area contributed by atoms with Crippen LogP contribution in [0.4, 0.5) is 11.6 Å². The second kappa shape index (κ2) is 6.95. The highest BCUT2D eigenvalue weighted by Gasteiger charge is 2.04. The maximum atomic E-state index is 10.9. The highest BCUT2D eigenvalue weighted by Crippen LogP contribution is 2.16. The molecule has 0 saturated carbocycles. The quantitative estimate of drug-likeness (QED) is 0.450. The summed E-state index contributed by atoms with van der Waals surface area (Å²) < 4.78 is 4.55. The lowest BCUT2D eigenvalue weighted by Crippen LogP contribution is -2.11. The Kier molecular flexibility index (Phi) is 5.55. The number of methoxy groups -OCH3 is 1. The lowest BCUT2D eigenvalue weighted by atomic mass is 10.4. The highest BCUT2D eigenvalue weighted by atomic mass is 32.2. The molecule has 0 aliphatic rings. The summed E-state index contributed by atoms with van der Waals surface area (Å²) in [6, 6.07) is 1.79. The van der Waals surface area contributed by atoms with Gasteiger partial charge in [-0.05, 0) is 6.26 Å². The molecule has 6 nitrogen and oxygen atoms in total. The molecule has 1 heterocycles. The molecule has 0 aromatic carbocycles. The van der Waals surface area contributed by atoms with E-state index in [2.05, 4.69) is 25.3 Å². The van der Waals surface area contributed by atoms with Crippen molar-refractivity contribution in [3.05, 3.63) is 6.07 Å². The molecule has 1 aromatic rings. The summed E-state index contributed by atoms with van der Waals surface area (Å²) in [5.74, 6) is 1.19. The average Bonchev–Trinajstić information content (AvgIpc) is 2.37. The van der Waals surface area contributed by atoms with Crippen LogP contribution in [-0.4, -0.2) is 42.9 Å². The molecule has 0 aliphatic heterocycles. The Bertz CT molecular complexity index is 364. The number of ether oxygens (including phenoxy) is 1. The molecule has 0 unspecified atom stereocenters. The first-order valence-electron chi connectivity index (χ1n) is 5.11. The second-order valence-corrected chi connectivity index (χ2v) is 3.90. The molecule has 0 radical (unpaired) electrons. The van der Waals surface area contributed by atoms with Crippen LogP contribution in [-0.2, 0) is 9.53 Å². The van der Waals surface area contributed by atoms with Crippen molar-refractivity contribution in [1.29, 1.82) is 0 Å². The van der Waals surface area contributed by atoms with Crippen LogP contribution >= 0.6 is 11.8 Å². The van der Waals surface area contributed by atoms with Gasteiger partial charge < -0.3 is 15.4 Å². The topological polar surface area (TPSA) is 76.1 Å². The van der Waals surface area contributed by atoms with Gasteiger partial charge in [-0.1, -0.05) is 11.8 Å². The number of esters is 1. The third-order valence-corrected chi connectivity index (χ3v) is 2.55. The number of thioether (sulfide) groups is 1. The Morgan fingerprint density at radius 3 is 2.76 bits per heavy atom. The molecular weight excluding hydrogens is 240 g/mol. The van der Waals surface area contributed by atoms with Crippen LogP contribution in [0.25, 0.3) is 0 Å². The molecule has 0 bridgehead atoms. The Hall–Kier alpha value is -1.50. The molecule has 0 atom stereocenters. The van der Waals surface area contributed by atoms with Gasteiger partial charge in [0.1, 0.15) is 11.6 Å². The van der Waals surface area contributed by atoms with Gasteiger partial charge in [0.25, 0.3) is 0 Å². The van der Waals surface area contributed by atoms with Gasteiger partial charge in [-0.15, -0.1) is 0 Å². The summed E-state index contributed by atoms with van der Waals surface area (Å²) in [5.41, 5.74) is 0. The van der Waals surface area contributed by atoms with Gasteiger partial charge in [0.15, 0.2) is 5.16 Å². The molecule has 2 N–H and O–H groups in total. The minimum absolute atomic E-state index is 0.245. The number of hydrogen-bond donors (Lipinski definition) is 2. The molecule has 1 aromatic heterocycles. The fourth-order valence-corrected chi connectivity index (χ4v) is 1.51. The number of nitrogens with zero attached hydrogens (tertiary/aromatic N) is 2. The molecular formula is C10H16N4O2S. The fraction of sp³-hybridized carbons (Fsp3) is 0.500. The van der Waals surface area contributed by atoms with Gasteiger partial charge in [0, 0.05) is 19.7 Å². The van der Waals surface area contributed by atoms with Crippen LogP contribution in [0, 0.1) is 0 Å². The third kappa shape index (κ3) is 4.48. The smallest absolute Gasteiger partial charge is 0.307 e. The fourth-order valence-electron chi connectivity index (χ4n) is 1.13. The normalized spacial score (nSPS) is 9.82. The number of carbonyl (C=O) groups is 1. The van der Waals surface area contributed by atoms with Crippen molar-refractivity contribution < 1.29 is 9.53 Å². The summed E-state index contributed by atoms with van der Waals surface area (Å²) in [4.78, 5) is 19.4. The number of carbonyl (C=O) groups excluding carboxylic acids is 1. The van der Waals surface area contributed by atoms with Crippen molar-refractivity contribution in [2.45, 2.75) is 11.6 Å². The zero-order valence-electron chi connectivity index (χ0n) is 10.1. The van der Waals surface area contributed by atoms with Crippen LogP contribution in [0.15, 0.2) is 11.2 Å². The van der Waals surface area contributed by atoms with Gasteiger partial charge in [0.2, 0.25) is 0 Å². The van der Waals surface area contributed by atoms with Crippen molar-refractivity contribution in [2.75, 3.05) is 37.6 Å². The maximum absolute atomic E-state index is 10.9. The van der Waals surface area contributed by atoms with Crippen LogP contribution in [0.2, 0.25) is 0 Å². The standard InChI is InChI=1S/C10H16N4O2S/c1-11-7-6-8(14-10(13-7)17-3)12-5-4-9(15)16-2/h6H,4-5H2,1-3H3,(H2,11,12,13,14). The van der Waals surface area contributed by atoms with Crippen LogP contribution in [0.3, 0.4) is 0 Å². The second-order valence-electron chi connectivity index (χ2n) is 3.13. The number of anilines is 2. The van der Waals surface area contributed by atoms with E-state index >= 15 is 0 Å². The number of hydrogen-bond acceptors (Lipinski definition) is 7. The van der Waals surface area contributed by atoms with Crippen molar-refractivity contribution in [2.24, 2.45) is 0 Å². The molecule has 0 amide bonds. The molecule has 0 aliphatic carbocycles. The van der Waals surface area contributed by atoms with E-state index in [1.54, 1.807) is 13.1 Å². The average molecular weight is 256 g/mol. The summed E-state index contributed by atoms with van der Waals surface area (Å²) in [6.45, 7) is 0.487. The molecule has 1 rings (SSSR count). The molecule has 7 heteroatoms. The Morgan fingerprint density at radius 1 is 1.47 bits per heavy atom. The first kappa shape index (κ1) is 13.6. The van der Waals surface area contributed by atoms with Gasteiger partial charge in [-0.3, -0.25) is 4.79 Å². The number of nitrogens with one attached hydrogen (secondary N) is 2. The summed E-state index contributed by atoms with van der Waals surface area (Å²) in [5, 5.41) is 6.69. The number of aromatic nitrogens is 2. The van der Waals surface area contributed by atoms with Crippen molar-refractivity contribution in [3.63, 3.8) is 0 Å². The van der Waals surface area contributed by atoms with E-state index in [0.717, 1.165) is 5.82 Å². The van der Waals surface area contributed by atoms with E-state index < -0.39 is 0 Å². The highest BCUT2D eigenvalue weighted by molar-refractivity contribution is 7.98. The summed E-state index contributed by atoms with van der Waals surface area (Å²) in [7, 11) is 3.17. The van der Waals surface area contributed by atoms with Crippen molar-refractivity contribution in [1.82, 2.24) is 9.97 Å². The van der Waals surface area contributed by atoms with Crippen molar-refractivity contribution >= 4 is 29.4 Å². The van der Waals surface area contributed by atoms with E-state index in [1.807, 2.05) is 6.26 Å². The molecule has 17 heavy (non-hydrogen) atoms. The SMILES string of the molecule is CNc1cc(NCCC(=O)OC)nc(SC)n1. The monoisotopic (exact) mass is 256 g/mol. The van der Waals surface area contributed by atoms with Crippen molar-refractivity contribution in [3.8, 4) is 0 Å². The Morgan fingerprint density at radius 2 is 2.18 bits per heavy atom. The van der Waals surface area contributed by atoms with Crippen LogP contribution in [0.5, 0.6) is 0 Å². The summed E-state index contributed by atoms with van der Waals surface area (Å²) >= 11 is 1.46. The lowest BCUT2D eigenvalue weighted by Gasteiger charge is -2.08. The lowest BCUT2D eigenvalue weighted by molar-refractivity contribution is -0.140. The van der Waals surface area contributed by atoms with E-state index in [-0.39, 0.29) is 5.97 Å². The third-order valence-electron chi connectivity index (χ3n) is 2.01. The van der Waals surface area contributed by atoms with E-state index in [1.165, 1.54) is 18.9 Å². The predicted octanol–water partition coefficient (Wildman–Crippen LogP) is 1.22. The molecule has 0 fully saturated rings. The first-order valence-corrected chi connectivity index (χ1v) is 6.33. The van der Waals surface area contributed by atoms with Gasteiger partial charge in [-0.25, -0.2) is 9.97 Å². The van der Waals surface area contributed by atoms with E-state index in [4.69, 9.17) is 0 Å². The first-order chi connectivity index (χ1) is 8.19. The van der Waals surface area contributed by atoms with E-state index in [0.29, 0.717) is 23.9 Å². The Labute approximate surface area is 105 Å². The Balaban J connectivity index is 2.60. The minimum atomic E-state index is -0.245. The minimum Gasteiger partial charge on any atom is -0.469 e. The van der Waals surface area contributed by atoms with Gasteiger partial charge in [0.05, 0.1) is 13.5 Å². The maximum Gasteiger partial charge on any atom is 0.307 e. The largest absolute Gasteiger partial charge is 0.469 e. The van der Waals surface area contributed by atoms with Gasteiger partial charge >= 0.3 is 5.97 Å². The predicted molar refractivity (Wildman–Crippen MR) is 68.5 cm³/mol. The molecule has 94 valence electrons. The molecule has 0 spiro atoms. The zero-order valence-corrected chi connectivity index (χ0v) is 10.9. The van der Waals surface area contributed by atoms with Crippen LogP contribution in [0.1, 0.15) is 6.42 Å². The van der Waals surface area contributed by atoms with E-state index in [9.17, 15) is 4.79 Å². The zero-order chi connectivity index (χ0) is 12.7. The van der Waals surface area contributed by atoms with Gasteiger partial charge in [-0.2, -0.15) is 0 Å². The van der Waals surface area contributed by atoms with Crippen LogP contribution < -0.4 is 10.6 Å². The summed E-state index contributed by atoms with van der Waals surface area (Å²) in [6.07, 6.45) is 2.22. The number of rotatable bonds is 6. The molecule has 0 saturated heterocycles.